The minimum atomic E-state index is 0.503. The van der Waals surface area contributed by atoms with Gasteiger partial charge in [0.25, 0.3) is 0 Å². The molecule has 14 heavy (non-hydrogen) atoms. The molecule has 3 heteroatoms. The maximum atomic E-state index is 5.47. The summed E-state index contributed by atoms with van der Waals surface area (Å²) in [6, 6.07) is 0. The second-order valence-corrected chi connectivity index (χ2v) is 3.38. The van der Waals surface area contributed by atoms with Gasteiger partial charge in [-0.25, -0.2) is 4.98 Å². The SMILES string of the molecule is C=Cc1nc(CN)sc1/C=C\C.CC. The van der Waals surface area contributed by atoms with Crippen LogP contribution in [-0.4, -0.2) is 4.98 Å². The highest BCUT2D eigenvalue weighted by Gasteiger charge is 2.03. The highest BCUT2D eigenvalue weighted by atomic mass is 32.1. The first-order valence-electron chi connectivity index (χ1n) is 4.76. The molecular weight excluding hydrogens is 192 g/mol. The number of aromatic nitrogens is 1. The van der Waals surface area contributed by atoms with E-state index >= 15 is 0 Å². The third-order valence-corrected chi connectivity index (χ3v) is 2.47. The van der Waals surface area contributed by atoms with Gasteiger partial charge in [-0.3, -0.25) is 0 Å². The fraction of sp³-hybridized carbons (Fsp3) is 0.364. The highest BCUT2D eigenvalue weighted by Crippen LogP contribution is 2.20. The zero-order valence-electron chi connectivity index (χ0n) is 9.08. The Balaban J connectivity index is 0.000000791. The van der Waals surface area contributed by atoms with E-state index in [0.29, 0.717) is 6.54 Å². The van der Waals surface area contributed by atoms with Gasteiger partial charge in [0.1, 0.15) is 5.01 Å². The monoisotopic (exact) mass is 210 g/mol. The van der Waals surface area contributed by atoms with E-state index < -0.39 is 0 Å². The minimum absolute atomic E-state index is 0.503. The van der Waals surface area contributed by atoms with E-state index in [2.05, 4.69) is 11.6 Å². The average molecular weight is 210 g/mol. The van der Waals surface area contributed by atoms with Crippen molar-refractivity contribution in [2.45, 2.75) is 27.3 Å². The third-order valence-electron chi connectivity index (χ3n) is 1.41. The Labute approximate surface area is 90.2 Å². The molecule has 0 amide bonds. The maximum absolute atomic E-state index is 5.47. The molecule has 0 spiro atoms. The molecule has 0 aliphatic heterocycles. The van der Waals surface area contributed by atoms with Gasteiger partial charge in [-0.2, -0.15) is 0 Å². The third kappa shape index (κ3) is 3.44. The van der Waals surface area contributed by atoms with Gasteiger partial charge in [-0.1, -0.05) is 26.5 Å². The summed E-state index contributed by atoms with van der Waals surface area (Å²) in [7, 11) is 0. The summed E-state index contributed by atoms with van der Waals surface area (Å²) in [5, 5.41) is 0.956. The Kier molecular flexibility index (Phi) is 6.98. The van der Waals surface area contributed by atoms with Crippen LogP contribution in [0.15, 0.2) is 12.7 Å². The lowest BCUT2D eigenvalue weighted by Gasteiger charge is -1.84. The molecule has 0 aliphatic carbocycles. The van der Waals surface area contributed by atoms with Gasteiger partial charge in [0.05, 0.1) is 10.6 Å². The Morgan fingerprint density at radius 3 is 2.57 bits per heavy atom. The zero-order chi connectivity index (χ0) is 11.0. The van der Waals surface area contributed by atoms with E-state index in [-0.39, 0.29) is 0 Å². The van der Waals surface area contributed by atoms with Crippen molar-refractivity contribution >= 4 is 23.5 Å². The Morgan fingerprint density at radius 2 is 2.14 bits per heavy atom. The van der Waals surface area contributed by atoms with Crippen LogP contribution < -0.4 is 5.73 Å². The lowest BCUT2D eigenvalue weighted by molar-refractivity contribution is 1.03. The summed E-state index contributed by atoms with van der Waals surface area (Å²) in [4.78, 5) is 5.42. The Bertz CT molecular complexity index is 300. The molecule has 0 atom stereocenters. The van der Waals surface area contributed by atoms with Crippen molar-refractivity contribution in [1.82, 2.24) is 4.98 Å². The second kappa shape index (κ2) is 7.47. The lowest BCUT2D eigenvalue weighted by Crippen LogP contribution is -1.94. The van der Waals surface area contributed by atoms with Crippen LogP contribution in [0, 0.1) is 0 Å². The number of hydrogen-bond acceptors (Lipinski definition) is 3. The van der Waals surface area contributed by atoms with Crippen LogP contribution in [-0.2, 0) is 6.54 Å². The molecular formula is C11H18N2S. The van der Waals surface area contributed by atoms with Crippen molar-refractivity contribution in [3.05, 3.63) is 28.2 Å². The van der Waals surface area contributed by atoms with Crippen molar-refractivity contribution in [2.24, 2.45) is 5.73 Å². The van der Waals surface area contributed by atoms with Gasteiger partial charge in [0.15, 0.2) is 0 Å². The van der Waals surface area contributed by atoms with Gasteiger partial charge in [0, 0.05) is 6.54 Å². The Hall–Kier alpha value is -0.930. The maximum Gasteiger partial charge on any atom is 0.107 e. The molecule has 0 saturated carbocycles. The summed E-state index contributed by atoms with van der Waals surface area (Å²) < 4.78 is 0. The highest BCUT2D eigenvalue weighted by molar-refractivity contribution is 7.12. The van der Waals surface area contributed by atoms with Crippen LogP contribution in [0.3, 0.4) is 0 Å². The van der Waals surface area contributed by atoms with E-state index in [4.69, 9.17) is 5.73 Å². The van der Waals surface area contributed by atoms with Gasteiger partial charge < -0.3 is 5.73 Å². The zero-order valence-corrected chi connectivity index (χ0v) is 9.90. The lowest BCUT2D eigenvalue weighted by atomic mass is 10.3. The number of thiazole rings is 1. The standard InChI is InChI=1S/C9H12N2S.C2H6/c1-3-5-8-7(4-2)11-9(6-10)12-8;1-2/h3-5H,2,6,10H2,1H3;1-2H3/b5-3-;. The normalized spacial score (nSPS) is 9.71. The molecule has 0 bridgehead atoms. The molecule has 1 rings (SSSR count). The van der Waals surface area contributed by atoms with Crippen LogP contribution in [0.1, 0.15) is 36.3 Å². The van der Waals surface area contributed by atoms with Crippen LogP contribution in [0.5, 0.6) is 0 Å². The summed E-state index contributed by atoms with van der Waals surface area (Å²) >= 11 is 1.61. The van der Waals surface area contributed by atoms with Gasteiger partial charge in [-0.15, -0.1) is 11.3 Å². The molecule has 0 fully saturated rings. The number of allylic oxidation sites excluding steroid dienone is 1. The van der Waals surface area contributed by atoms with E-state index in [0.717, 1.165) is 15.6 Å². The molecule has 0 saturated heterocycles. The summed E-state index contributed by atoms with van der Waals surface area (Å²) in [5.74, 6) is 0. The van der Waals surface area contributed by atoms with Crippen molar-refractivity contribution in [3.63, 3.8) is 0 Å². The van der Waals surface area contributed by atoms with Crippen molar-refractivity contribution in [2.75, 3.05) is 0 Å². The predicted octanol–water partition coefficient (Wildman–Crippen LogP) is 3.30. The van der Waals surface area contributed by atoms with E-state index in [1.54, 1.807) is 17.4 Å². The number of hydrogen-bond donors (Lipinski definition) is 1. The number of nitrogens with two attached hydrogens (primary N) is 1. The topological polar surface area (TPSA) is 38.9 Å². The molecule has 0 aromatic carbocycles. The fourth-order valence-corrected chi connectivity index (χ4v) is 1.81. The minimum Gasteiger partial charge on any atom is -0.325 e. The van der Waals surface area contributed by atoms with E-state index in [1.807, 2.05) is 32.9 Å². The largest absolute Gasteiger partial charge is 0.325 e. The molecule has 2 N–H and O–H groups in total. The van der Waals surface area contributed by atoms with Crippen molar-refractivity contribution in [3.8, 4) is 0 Å². The fourth-order valence-electron chi connectivity index (χ4n) is 0.896. The van der Waals surface area contributed by atoms with Crippen LogP contribution >= 0.6 is 11.3 Å². The molecule has 2 nitrogen and oxygen atoms in total. The average Bonchev–Trinajstić information content (AvgIpc) is 2.64. The van der Waals surface area contributed by atoms with E-state index in [1.165, 1.54) is 0 Å². The Morgan fingerprint density at radius 1 is 1.50 bits per heavy atom. The van der Waals surface area contributed by atoms with E-state index in [9.17, 15) is 0 Å². The molecule has 1 heterocycles. The predicted molar refractivity (Wildman–Crippen MR) is 66.2 cm³/mol. The van der Waals surface area contributed by atoms with Gasteiger partial charge in [-0.05, 0) is 19.1 Å². The van der Waals surface area contributed by atoms with Gasteiger partial charge in [0.2, 0.25) is 0 Å². The molecule has 1 aromatic heterocycles. The smallest absolute Gasteiger partial charge is 0.107 e. The molecule has 78 valence electrons. The summed E-state index contributed by atoms with van der Waals surface area (Å²) in [6.45, 7) is 10.2. The molecule has 1 aromatic rings. The van der Waals surface area contributed by atoms with Crippen LogP contribution in [0.4, 0.5) is 0 Å². The quantitative estimate of drug-likeness (QED) is 0.831. The summed E-state index contributed by atoms with van der Waals surface area (Å²) in [6.07, 6.45) is 5.76. The molecule has 0 radical (unpaired) electrons. The van der Waals surface area contributed by atoms with Crippen LogP contribution in [0.2, 0.25) is 0 Å². The van der Waals surface area contributed by atoms with Gasteiger partial charge >= 0.3 is 0 Å². The second-order valence-electron chi connectivity index (χ2n) is 2.27. The molecule has 0 unspecified atom stereocenters. The van der Waals surface area contributed by atoms with Crippen molar-refractivity contribution < 1.29 is 0 Å². The number of nitrogens with zero attached hydrogens (tertiary/aromatic N) is 1. The first kappa shape index (κ1) is 13.1. The first-order chi connectivity index (χ1) is 6.81. The first-order valence-corrected chi connectivity index (χ1v) is 5.58. The molecule has 0 aliphatic rings. The van der Waals surface area contributed by atoms with Crippen LogP contribution in [0.25, 0.3) is 12.2 Å². The number of rotatable bonds is 3. The summed E-state index contributed by atoms with van der Waals surface area (Å²) in [5.41, 5.74) is 6.40. The van der Waals surface area contributed by atoms with Crippen molar-refractivity contribution in [1.29, 1.82) is 0 Å².